The number of nitrogens with one attached hydrogen (secondary N) is 1. The van der Waals surface area contributed by atoms with E-state index in [1.54, 1.807) is 0 Å². The Hall–Kier alpha value is -1.31. The fourth-order valence-corrected chi connectivity index (χ4v) is 1.42. The molecule has 0 radical (unpaired) electrons. The zero-order valence-electron chi connectivity index (χ0n) is 9.05. The van der Waals surface area contributed by atoms with Crippen molar-refractivity contribution in [1.82, 2.24) is 0 Å². The van der Waals surface area contributed by atoms with Crippen molar-refractivity contribution in [2.24, 2.45) is 0 Å². The van der Waals surface area contributed by atoms with Crippen molar-refractivity contribution in [3.05, 3.63) is 29.3 Å². The van der Waals surface area contributed by atoms with Crippen LogP contribution < -0.4 is 5.32 Å². The van der Waals surface area contributed by atoms with Crippen LogP contribution in [0.25, 0.3) is 0 Å². The van der Waals surface area contributed by atoms with Crippen molar-refractivity contribution in [3.63, 3.8) is 0 Å². The maximum Gasteiger partial charge on any atom is 0.224 e. The second kappa shape index (κ2) is 4.80. The van der Waals surface area contributed by atoms with Gasteiger partial charge in [0.15, 0.2) is 0 Å². The van der Waals surface area contributed by atoms with Gasteiger partial charge in [0, 0.05) is 12.1 Å². The van der Waals surface area contributed by atoms with Crippen molar-refractivity contribution < 1.29 is 4.79 Å². The van der Waals surface area contributed by atoms with Crippen molar-refractivity contribution >= 4 is 11.6 Å². The molecule has 0 aliphatic rings. The zero-order chi connectivity index (χ0) is 10.6. The van der Waals surface area contributed by atoms with Gasteiger partial charge in [0.25, 0.3) is 0 Å². The maximum atomic E-state index is 11.1. The van der Waals surface area contributed by atoms with Gasteiger partial charge >= 0.3 is 0 Å². The number of anilines is 1. The van der Waals surface area contributed by atoms with E-state index in [1.165, 1.54) is 11.1 Å². The van der Waals surface area contributed by atoms with Gasteiger partial charge in [-0.3, -0.25) is 4.79 Å². The first-order chi connectivity index (χ1) is 6.67. The molecule has 1 rings (SSSR count). The third-order valence-electron chi connectivity index (χ3n) is 2.33. The summed E-state index contributed by atoms with van der Waals surface area (Å²) in [6, 6.07) is 6.05. The molecule has 1 aromatic carbocycles. The summed E-state index contributed by atoms with van der Waals surface area (Å²) in [5.74, 6) is 0.0636. The summed E-state index contributed by atoms with van der Waals surface area (Å²) in [5.41, 5.74) is 3.47. The molecule has 0 fully saturated rings. The summed E-state index contributed by atoms with van der Waals surface area (Å²) in [5, 5.41) is 2.84. The van der Waals surface area contributed by atoms with E-state index in [-0.39, 0.29) is 5.91 Å². The Bertz CT molecular complexity index is 331. The van der Waals surface area contributed by atoms with Crippen molar-refractivity contribution in [2.45, 2.75) is 33.6 Å². The molecule has 76 valence electrons. The minimum atomic E-state index is 0.0636. The zero-order valence-corrected chi connectivity index (χ0v) is 9.05. The minimum Gasteiger partial charge on any atom is -0.326 e. The average Bonchev–Trinajstić information content (AvgIpc) is 2.18. The molecule has 0 saturated heterocycles. The smallest absolute Gasteiger partial charge is 0.224 e. The van der Waals surface area contributed by atoms with E-state index in [1.807, 2.05) is 19.1 Å². The molecule has 2 nitrogen and oxygen atoms in total. The lowest BCUT2D eigenvalue weighted by atomic mass is 10.1. The van der Waals surface area contributed by atoms with Crippen LogP contribution in [0.1, 0.15) is 31.4 Å². The van der Waals surface area contributed by atoms with Crippen LogP contribution in [0.15, 0.2) is 18.2 Å². The molecule has 2 heteroatoms. The summed E-state index contributed by atoms with van der Waals surface area (Å²) >= 11 is 0. The highest BCUT2D eigenvalue weighted by Gasteiger charge is 2.01. The van der Waals surface area contributed by atoms with E-state index in [2.05, 4.69) is 25.2 Å². The van der Waals surface area contributed by atoms with Crippen LogP contribution in [-0.2, 0) is 11.2 Å². The van der Waals surface area contributed by atoms with E-state index in [4.69, 9.17) is 0 Å². The Kier molecular flexibility index (Phi) is 3.69. The lowest BCUT2D eigenvalue weighted by Crippen LogP contribution is -2.09. The molecule has 14 heavy (non-hydrogen) atoms. The fourth-order valence-electron chi connectivity index (χ4n) is 1.42. The van der Waals surface area contributed by atoms with Gasteiger partial charge in [-0.25, -0.2) is 0 Å². The number of hydrogen-bond acceptors (Lipinski definition) is 1. The van der Waals surface area contributed by atoms with Gasteiger partial charge in [0.2, 0.25) is 5.91 Å². The van der Waals surface area contributed by atoms with Crippen LogP contribution >= 0.6 is 0 Å². The number of aryl methyl sites for hydroxylation is 2. The molecule has 0 spiro atoms. The summed E-state index contributed by atoms with van der Waals surface area (Å²) in [6.45, 7) is 6.05. The first kappa shape index (κ1) is 10.8. The molecule has 0 atom stereocenters. The first-order valence-corrected chi connectivity index (χ1v) is 5.06. The Morgan fingerprint density at radius 3 is 2.57 bits per heavy atom. The van der Waals surface area contributed by atoms with Gasteiger partial charge in [-0.1, -0.05) is 19.9 Å². The Morgan fingerprint density at radius 1 is 1.36 bits per heavy atom. The van der Waals surface area contributed by atoms with E-state index in [9.17, 15) is 4.79 Å². The average molecular weight is 191 g/mol. The van der Waals surface area contributed by atoms with Crippen LogP contribution in [0.4, 0.5) is 5.69 Å². The molecule has 1 N–H and O–H groups in total. The summed E-state index contributed by atoms with van der Waals surface area (Å²) in [6.07, 6.45) is 1.56. The second-order valence-electron chi connectivity index (χ2n) is 3.40. The maximum absolute atomic E-state index is 11.1. The molecule has 0 aromatic heterocycles. The Morgan fingerprint density at radius 2 is 2.07 bits per heavy atom. The number of carbonyl (C=O) groups is 1. The van der Waals surface area contributed by atoms with E-state index in [0.29, 0.717) is 6.42 Å². The van der Waals surface area contributed by atoms with Gasteiger partial charge < -0.3 is 5.32 Å². The molecule has 0 aliphatic carbocycles. The summed E-state index contributed by atoms with van der Waals surface area (Å²) in [7, 11) is 0. The molecule has 1 amide bonds. The minimum absolute atomic E-state index is 0.0636. The van der Waals surface area contributed by atoms with Crippen LogP contribution in [0.2, 0.25) is 0 Å². The van der Waals surface area contributed by atoms with Gasteiger partial charge in [0.05, 0.1) is 0 Å². The number of hydrogen-bond donors (Lipinski definition) is 1. The summed E-state index contributed by atoms with van der Waals surface area (Å²) < 4.78 is 0. The van der Waals surface area contributed by atoms with Crippen LogP contribution in [0.5, 0.6) is 0 Å². The normalized spacial score (nSPS) is 9.93. The number of rotatable bonds is 3. The van der Waals surface area contributed by atoms with Crippen LogP contribution in [-0.4, -0.2) is 5.91 Å². The third kappa shape index (κ3) is 2.59. The number of carbonyl (C=O) groups excluding carboxylic acids is 1. The number of amides is 1. The SMILES string of the molecule is CCC(=O)Nc1ccc(CC)c(C)c1. The molecule has 0 bridgehead atoms. The molecule has 0 unspecified atom stereocenters. The molecule has 0 saturated carbocycles. The number of benzene rings is 1. The van der Waals surface area contributed by atoms with Crippen molar-refractivity contribution in [3.8, 4) is 0 Å². The quantitative estimate of drug-likeness (QED) is 0.782. The van der Waals surface area contributed by atoms with E-state index < -0.39 is 0 Å². The second-order valence-corrected chi connectivity index (χ2v) is 3.40. The highest BCUT2D eigenvalue weighted by atomic mass is 16.1. The predicted molar refractivity (Wildman–Crippen MR) is 59.5 cm³/mol. The molecular formula is C12H17NO. The monoisotopic (exact) mass is 191 g/mol. The van der Waals surface area contributed by atoms with Gasteiger partial charge in [-0.15, -0.1) is 0 Å². The van der Waals surface area contributed by atoms with Gasteiger partial charge in [-0.05, 0) is 36.6 Å². The fraction of sp³-hybridized carbons (Fsp3) is 0.417. The molecule has 0 heterocycles. The highest BCUT2D eigenvalue weighted by molar-refractivity contribution is 5.90. The van der Waals surface area contributed by atoms with E-state index >= 15 is 0 Å². The third-order valence-corrected chi connectivity index (χ3v) is 2.33. The molecule has 1 aromatic rings. The van der Waals surface area contributed by atoms with Crippen LogP contribution in [0, 0.1) is 6.92 Å². The highest BCUT2D eigenvalue weighted by Crippen LogP contribution is 2.15. The standard InChI is InChI=1S/C12H17NO/c1-4-10-6-7-11(8-9(10)3)13-12(14)5-2/h6-8H,4-5H2,1-3H3,(H,13,14). The Labute approximate surface area is 85.3 Å². The van der Waals surface area contributed by atoms with Crippen molar-refractivity contribution in [2.75, 3.05) is 5.32 Å². The van der Waals surface area contributed by atoms with Gasteiger partial charge in [0.1, 0.15) is 0 Å². The van der Waals surface area contributed by atoms with Crippen LogP contribution in [0.3, 0.4) is 0 Å². The topological polar surface area (TPSA) is 29.1 Å². The molecular weight excluding hydrogens is 174 g/mol. The lowest BCUT2D eigenvalue weighted by molar-refractivity contribution is -0.115. The largest absolute Gasteiger partial charge is 0.326 e. The van der Waals surface area contributed by atoms with Crippen molar-refractivity contribution in [1.29, 1.82) is 0 Å². The summed E-state index contributed by atoms with van der Waals surface area (Å²) in [4.78, 5) is 11.1. The van der Waals surface area contributed by atoms with E-state index in [0.717, 1.165) is 12.1 Å². The molecule has 0 aliphatic heterocycles. The first-order valence-electron chi connectivity index (χ1n) is 5.06. The van der Waals surface area contributed by atoms with Gasteiger partial charge in [-0.2, -0.15) is 0 Å². The predicted octanol–water partition coefficient (Wildman–Crippen LogP) is 2.91. The Balaban J connectivity index is 2.81. The lowest BCUT2D eigenvalue weighted by Gasteiger charge is -2.07.